The van der Waals surface area contributed by atoms with Crippen LogP contribution in [0, 0.1) is 0 Å². The van der Waals surface area contributed by atoms with Crippen LogP contribution in [0.3, 0.4) is 0 Å². The molecule has 0 aromatic heterocycles. The first-order valence-corrected chi connectivity index (χ1v) is 7.22. The van der Waals surface area contributed by atoms with Crippen LogP contribution in [-0.4, -0.2) is 16.0 Å². The van der Waals surface area contributed by atoms with E-state index in [2.05, 4.69) is 19.1 Å². The highest BCUT2D eigenvalue weighted by Crippen LogP contribution is 2.30. The number of benzene rings is 2. The van der Waals surface area contributed by atoms with Gasteiger partial charge in [-0.1, -0.05) is 43.3 Å². The van der Waals surface area contributed by atoms with Crippen molar-refractivity contribution in [3.8, 4) is 11.5 Å². The Morgan fingerprint density at radius 1 is 1.00 bits per heavy atom. The third-order valence-corrected chi connectivity index (χ3v) is 3.78. The molecule has 1 unspecified atom stereocenters. The molecule has 0 aliphatic carbocycles. The number of phenolic OH excluding ortho intramolecular Hbond substituents is 2. The molecule has 0 aliphatic rings. The molecule has 110 valence electrons. The summed E-state index contributed by atoms with van der Waals surface area (Å²) in [5.74, 6) is -0.233. The van der Waals surface area contributed by atoms with Crippen molar-refractivity contribution in [2.24, 2.45) is 0 Å². The van der Waals surface area contributed by atoms with Crippen LogP contribution < -0.4 is 0 Å². The van der Waals surface area contributed by atoms with E-state index < -0.39 is 0 Å². The van der Waals surface area contributed by atoms with Crippen molar-refractivity contribution in [1.82, 2.24) is 0 Å². The fourth-order valence-electron chi connectivity index (χ4n) is 2.58. The normalized spacial score (nSPS) is 12.0. The molecule has 0 heterocycles. The molecule has 1 atom stereocenters. The van der Waals surface area contributed by atoms with Crippen molar-refractivity contribution in [3.05, 3.63) is 59.7 Å². The molecule has 2 N–H and O–H groups in total. The van der Waals surface area contributed by atoms with E-state index in [0.29, 0.717) is 18.8 Å². The minimum atomic E-state index is -0.222. The van der Waals surface area contributed by atoms with Gasteiger partial charge in [0, 0.05) is 6.42 Å². The summed E-state index contributed by atoms with van der Waals surface area (Å²) < 4.78 is 0. The largest absolute Gasteiger partial charge is 0.507 e. The summed E-state index contributed by atoms with van der Waals surface area (Å²) in [5.41, 5.74) is 1.25. The fourth-order valence-corrected chi connectivity index (χ4v) is 2.58. The van der Waals surface area contributed by atoms with E-state index in [1.807, 2.05) is 18.2 Å². The van der Waals surface area contributed by atoms with Crippen molar-refractivity contribution < 1.29 is 15.0 Å². The predicted molar refractivity (Wildman–Crippen MR) is 82.8 cm³/mol. The van der Waals surface area contributed by atoms with Gasteiger partial charge in [-0.3, -0.25) is 4.79 Å². The van der Waals surface area contributed by atoms with E-state index in [1.165, 1.54) is 23.8 Å². The zero-order chi connectivity index (χ0) is 15.2. The van der Waals surface area contributed by atoms with Crippen LogP contribution >= 0.6 is 0 Å². The first kappa shape index (κ1) is 15.1. The van der Waals surface area contributed by atoms with Crippen LogP contribution in [0.4, 0.5) is 0 Å². The van der Waals surface area contributed by atoms with Crippen LogP contribution in [0.2, 0.25) is 0 Å². The fraction of sp³-hybridized carbons (Fsp3) is 0.278. The number of carbonyl (C=O) groups is 1. The second-order valence-electron chi connectivity index (χ2n) is 5.15. The lowest BCUT2D eigenvalue weighted by atomic mass is 9.90. The van der Waals surface area contributed by atoms with E-state index >= 15 is 0 Å². The lowest BCUT2D eigenvalue weighted by Gasteiger charge is -2.15. The van der Waals surface area contributed by atoms with Crippen molar-refractivity contribution in [1.29, 1.82) is 0 Å². The Morgan fingerprint density at radius 3 is 2.19 bits per heavy atom. The SMILES string of the molecule is CCC(CCC(=O)c1c(O)cccc1O)c1ccccc1. The Kier molecular flexibility index (Phi) is 4.99. The Labute approximate surface area is 124 Å². The molecule has 0 radical (unpaired) electrons. The van der Waals surface area contributed by atoms with Gasteiger partial charge in [-0.25, -0.2) is 0 Å². The van der Waals surface area contributed by atoms with E-state index in [1.54, 1.807) is 0 Å². The monoisotopic (exact) mass is 284 g/mol. The van der Waals surface area contributed by atoms with E-state index in [9.17, 15) is 15.0 Å². The molecule has 0 saturated heterocycles. The highest BCUT2D eigenvalue weighted by Gasteiger charge is 2.18. The molecular weight excluding hydrogens is 264 g/mol. The van der Waals surface area contributed by atoms with Crippen LogP contribution in [0.1, 0.15) is 48.0 Å². The summed E-state index contributed by atoms with van der Waals surface area (Å²) in [4.78, 5) is 12.2. The number of rotatable bonds is 6. The second-order valence-corrected chi connectivity index (χ2v) is 5.15. The average Bonchev–Trinajstić information content (AvgIpc) is 2.49. The van der Waals surface area contributed by atoms with Crippen molar-refractivity contribution in [2.45, 2.75) is 32.1 Å². The average molecular weight is 284 g/mol. The minimum absolute atomic E-state index is 0.0282. The van der Waals surface area contributed by atoms with Gasteiger partial charge < -0.3 is 10.2 Å². The van der Waals surface area contributed by atoms with E-state index in [0.717, 1.165) is 6.42 Å². The molecule has 0 fully saturated rings. The lowest BCUT2D eigenvalue weighted by molar-refractivity contribution is 0.0972. The highest BCUT2D eigenvalue weighted by atomic mass is 16.3. The maximum Gasteiger partial charge on any atom is 0.170 e. The lowest BCUT2D eigenvalue weighted by Crippen LogP contribution is -2.05. The zero-order valence-corrected chi connectivity index (χ0v) is 12.1. The Balaban J connectivity index is 2.07. The number of Topliss-reactive ketones (excluding diaryl/α,β-unsaturated/α-hetero) is 1. The molecule has 2 aromatic carbocycles. The summed E-state index contributed by atoms with van der Waals surface area (Å²) in [5, 5.41) is 19.4. The van der Waals surface area contributed by atoms with Crippen LogP contribution in [0.15, 0.2) is 48.5 Å². The first-order chi connectivity index (χ1) is 10.1. The Morgan fingerprint density at radius 2 is 1.62 bits per heavy atom. The van der Waals surface area contributed by atoms with Crippen LogP contribution in [0.5, 0.6) is 11.5 Å². The summed E-state index contributed by atoms with van der Waals surface area (Å²) >= 11 is 0. The topological polar surface area (TPSA) is 57.5 Å². The highest BCUT2D eigenvalue weighted by molar-refractivity contribution is 6.01. The van der Waals surface area contributed by atoms with Crippen molar-refractivity contribution in [3.63, 3.8) is 0 Å². The molecule has 2 rings (SSSR count). The predicted octanol–water partition coefficient (Wildman–Crippen LogP) is 4.25. The Bertz CT molecular complexity index is 585. The molecule has 0 aliphatic heterocycles. The van der Waals surface area contributed by atoms with Gasteiger partial charge in [0.1, 0.15) is 17.1 Å². The number of hydrogen-bond acceptors (Lipinski definition) is 3. The van der Waals surface area contributed by atoms with Gasteiger partial charge >= 0.3 is 0 Å². The molecule has 0 saturated carbocycles. The van der Waals surface area contributed by atoms with Gasteiger partial charge in [0.2, 0.25) is 0 Å². The molecule has 0 amide bonds. The van der Waals surface area contributed by atoms with Gasteiger partial charge in [-0.2, -0.15) is 0 Å². The molecular formula is C18H20O3. The van der Waals surface area contributed by atoms with Gasteiger partial charge in [0.05, 0.1) is 0 Å². The van der Waals surface area contributed by atoms with E-state index in [4.69, 9.17) is 0 Å². The van der Waals surface area contributed by atoms with E-state index in [-0.39, 0.29) is 22.8 Å². The zero-order valence-electron chi connectivity index (χ0n) is 12.1. The summed E-state index contributed by atoms with van der Waals surface area (Å²) in [6.45, 7) is 2.10. The minimum Gasteiger partial charge on any atom is -0.507 e. The number of phenols is 2. The Hall–Kier alpha value is -2.29. The molecule has 21 heavy (non-hydrogen) atoms. The standard InChI is InChI=1S/C18H20O3/c1-2-13(14-7-4-3-5-8-14)11-12-17(21)18-15(19)9-6-10-16(18)20/h3-10,13,19-20H,2,11-12H2,1H3. The first-order valence-electron chi connectivity index (χ1n) is 7.22. The molecule has 2 aromatic rings. The summed E-state index contributed by atoms with van der Waals surface area (Å²) in [6, 6.07) is 14.4. The smallest absolute Gasteiger partial charge is 0.170 e. The van der Waals surface area contributed by atoms with Crippen molar-refractivity contribution in [2.75, 3.05) is 0 Å². The maximum atomic E-state index is 12.2. The van der Waals surface area contributed by atoms with Crippen LogP contribution in [0.25, 0.3) is 0 Å². The van der Waals surface area contributed by atoms with Gasteiger partial charge in [-0.15, -0.1) is 0 Å². The van der Waals surface area contributed by atoms with Gasteiger partial charge in [-0.05, 0) is 36.5 Å². The summed E-state index contributed by atoms with van der Waals surface area (Å²) in [7, 11) is 0. The number of hydrogen-bond donors (Lipinski definition) is 2. The van der Waals surface area contributed by atoms with Crippen molar-refractivity contribution >= 4 is 5.78 Å². The third kappa shape index (κ3) is 3.63. The summed E-state index contributed by atoms with van der Waals surface area (Å²) in [6.07, 6.45) is 1.95. The second kappa shape index (κ2) is 6.93. The maximum absolute atomic E-state index is 12.2. The molecule has 3 heteroatoms. The quantitative estimate of drug-likeness (QED) is 0.779. The van der Waals surface area contributed by atoms with Gasteiger partial charge in [0.25, 0.3) is 0 Å². The molecule has 3 nitrogen and oxygen atoms in total. The number of ketones is 1. The number of carbonyl (C=O) groups excluding carboxylic acids is 1. The van der Waals surface area contributed by atoms with Gasteiger partial charge in [0.15, 0.2) is 5.78 Å². The molecule has 0 bridgehead atoms. The molecule has 0 spiro atoms. The number of aromatic hydroxyl groups is 2. The van der Waals surface area contributed by atoms with Crippen LogP contribution in [-0.2, 0) is 0 Å². The third-order valence-electron chi connectivity index (χ3n) is 3.78.